The smallest absolute Gasteiger partial charge is 0.256 e. The van der Waals surface area contributed by atoms with E-state index in [0.29, 0.717) is 24.3 Å². The van der Waals surface area contributed by atoms with Crippen molar-refractivity contribution in [3.05, 3.63) is 24.0 Å². The number of carbonyl (C=O) groups excluding carboxylic acids is 2. The Bertz CT molecular complexity index is 461. The largest absolute Gasteiger partial charge is 0.397 e. The molecule has 1 saturated heterocycles. The number of nitrogens with zero attached hydrogens (tertiary/aromatic N) is 3. The van der Waals surface area contributed by atoms with Gasteiger partial charge in [-0.2, -0.15) is 0 Å². The molecule has 6 nitrogen and oxygen atoms in total. The zero-order valence-electron chi connectivity index (χ0n) is 9.59. The summed E-state index contributed by atoms with van der Waals surface area (Å²) in [5, 5.41) is 0. The number of aromatic nitrogens is 1. The molecule has 1 aliphatic heterocycles. The fourth-order valence-corrected chi connectivity index (χ4v) is 1.70. The van der Waals surface area contributed by atoms with E-state index >= 15 is 0 Å². The summed E-state index contributed by atoms with van der Waals surface area (Å²) in [5.41, 5.74) is 6.42. The molecule has 0 unspecified atom stereocenters. The van der Waals surface area contributed by atoms with Gasteiger partial charge in [-0.1, -0.05) is 0 Å². The zero-order valence-corrected chi connectivity index (χ0v) is 9.59. The maximum Gasteiger partial charge on any atom is 0.256 e. The van der Waals surface area contributed by atoms with Crippen LogP contribution in [0.3, 0.4) is 0 Å². The molecule has 0 radical (unpaired) electrons. The van der Waals surface area contributed by atoms with Crippen LogP contribution in [0.1, 0.15) is 10.4 Å². The summed E-state index contributed by atoms with van der Waals surface area (Å²) in [7, 11) is 1.73. The van der Waals surface area contributed by atoms with Crippen LogP contribution >= 0.6 is 0 Å². The third kappa shape index (κ3) is 2.20. The highest BCUT2D eigenvalue weighted by atomic mass is 16.2. The highest BCUT2D eigenvalue weighted by Gasteiger charge is 2.26. The average Bonchev–Trinajstić information content (AvgIpc) is 2.32. The molecule has 0 saturated carbocycles. The Balaban J connectivity index is 2.16. The van der Waals surface area contributed by atoms with Crippen molar-refractivity contribution in [1.29, 1.82) is 0 Å². The molecule has 6 heteroatoms. The molecule has 0 aromatic carbocycles. The second kappa shape index (κ2) is 4.40. The number of carbonyl (C=O) groups is 2. The highest BCUT2D eigenvalue weighted by molar-refractivity contribution is 6.00. The molecule has 0 atom stereocenters. The van der Waals surface area contributed by atoms with E-state index in [2.05, 4.69) is 4.98 Å². The molecule has 1 fully saturated rings. The predicted octanol–water partition coefficient (Wildman–Crippen LogP) is -0.422. The third-order valence-corrected chi connectivity index (χ3v) is 2.83. The van der Waals surface area contributed by atoms with Gasteiger partial charge in [0.1, 0.15) is 6.54 Å². The number of rotatable bonds is 1. The van der Waals surface area contributed by atoms with Gasteiger partial charge in [0.15, 0.2) is 0 Å². The summed E-state index contributed by atoms with van der Waals surface area (Å²) in [6, 6.07) is 1.57. The zero-order chi connectivity index (χ0) is 12.4. The Kier molecular flexibility index (Phi) is 2.95. The number of anilines is 1. The lowest BCUT2D eigenvalue weighted by Gasteiger charge is -2.32. The second-order valence-electron chi connectivity index (χ2n) is 4.00. The molecule has 90 valence electrons. The van der Waals surface area contributed by atoms with Crippen molar-refractivity contribution >= 4 is 17.5 Å². The first kappa shape index (κ1) is 11.4. The monoisotopic (exact) mass is 234 g/mol. The minimum Gasteiger partial charge on any atom is -0.397 e. The quantitative estimate of drug-likeness (QED) is 0.715. The predicted molar refractivity (Wildman–Crippen MR) is 62.2 cm³/mol. The van der Waals surface area contributed by atoms with Crippen LogP contribution in [0, 0.1) is 0 Å². The summed E-state index contributed by atoms with van der Waals surface area (Å²) < 4.78 is 0. The first-order valence-electron chi connectivity index (χ1n) is 5.32. The number of likely N-dealkylation sites (N-methyl/N-ethyl adjacent to an activating group) is 1. The first-order valence-corrected chi connectivity index (χ1v) is 5.32. The van der Waals surface area contributed by atoms with Gasteiger partial charge in [0.05, 0.1) is 17.4 Å². The maximum absolute atomic E-state index is 12.1. The fraction of sp³-hybridized carbons (Fsp3) is 0.364. The number of nitrogens with two attached hydrogens (primary N) is 1. The normalized spacial score (nSPS) is 16.2. The maximum atomic E-state index is 12.1. The first-order chi connectivity index (χ1) is 8.09. The lowest BCUT2D eigenvalue weighted by atomic mass is 10.2. The Morgan fingerprint density at radius 1 is 1.47 bits per heavy atom. The molecule has 2 heterocycles. The Hall–Kier alpha value is -2.11. The molecule has 1 aromatic rings. The van der Waals surface area contributed by atoms with Gasteiger partial charge in [0, 0.05) is 26.3 Å². The molecule has 2 N–H and O–H groups in total. The third-order valence-electron chi connectivity index (χ3n) is 2.83. The van der Waals surface area contributed by atoms with E-state index in [-0.39, 0.29) is 18.4 Å². The summed E-state index contributed by atoms with van der Waals surface area (Å²) in [6.07, 6.45) is 2.95. The Labute approximate surface area is 99.0 Å². The average molecular weight is 234 g/mol. The molecular weight excluding hydrogens is 220 g/mol. The number of pyridine rings is 1. The van der Waals surface area contributed by atoms with Crippen molar-refractivity contribution in [2.75, 3.05) is 32.4 Å². The number of nitrogen functional groups attached to an aromatic ring is 1. The van der Waals surface area contributed by atoms with Crippen molar-refractivity contribution in [1.82, 2.24) is 14.8 Å². The molecule has 0 spiro atoms. The van der Waals surface area contributed by atoms with Gasteiger partial charge in [-0.05, 0) is 6.07 Å². The van der Waals surface area contributed by atoms with Crippen molar-refractivity contribution in [2.45, 2.75) is 0 Å². The van der Waals surface area contributed by atoms with Gasteiger partial charge in [-0.15, -0.1) is 0 Å². The van der Waals surface area contributed by atoms with Crippen LogP contribution in [-0.2, 0) is 4.79 Å². The van der Waals surface area contributed by atoms with E-state index in [9.17, 15) is 9.59 Å². The highest BCUT2D eigenvalue weighted by Crippen LogP contribution is 2.13. The summed E-state index contributed by atoms with van der Waals surface area (Å²) in [5.74, 6) is -0.274. The van der Waals surface area contributed by atoms with E-state index in [1.54, 1.807) is 18.0 Å². The van der Waals surface area contributed by atoms with E-state index in [1.807, 2.05) is 0 Å². The van der Waals surface area contributed by atoms with Crippen LogP contribution in [-0.4, -0.2) is 53.3 Å². The molecule has 17 heavy (non-hydrogen) atoms. The molecule has 0 bridgehead atoms. The minimum absolute atomic E-state index is 0.0581. The lowest BCUT2D eigenvalue weighted by Crippen LogP contribution is -2.50. The van der Waals surface area contributed by atoms with Crippen LogP contribution < -0.4 is 5.73 Å². The van der Waals surface area contributed by atoms with Crippen LogP contribution in [0.2, 0.25) is 0 Å². The number of hydrogen-bond acceptors (Lipinski definition) is 4. The van der Waals surface area contributed by atoms with Crippen molar-refractivity contribution in [2.24, 2.45) is 0 Å². The van der Waals surface area contributed by atoms with Gasteiger partial charge in [-0.25, -0.2) is 0 Å². The van der Waals surface area contributed by atoms with Gasteiger partial charge < -0.3 is 15.5 Å². The molecular formula is C11H14N4O2. The molecule has 1 aromatic heterocycles. The van der Waals surface area contributed by atoms with Gasteiger partial charge in [0.2, 0.25) is 5.91 Å². The number of amides is 2. The van der Waals surface area contributed by atoms with E-state index in [0.717, 1.165) is 0 Å². The van der Waals surface area contributed by atoms with Crippen LogP contribution in [0.5, 0.6) is 0 Å². The number of piperazine rings is 1. The summed E-state index contributed by atoms with van der Waals surface area (Å²) >= 11 is 0. The van der Waals surface area contributed by atoms with Crippen molar-refractivity contribution in [3.8, 4) is 0 Å². The van der Waals surface area contributed by atoms with Gasteiger partial charge in [0.25, 0.3) is 5.91 Å². The minimum atomic E-state index is -0.216. The second-order valence-corrected chi connectivity index (χ2v) is 4.00. The standard InChI is InChI=1S/C11H14N4O2/c1-14-4-5-15(7-10(14)16)11(17)8-2-3-13-6-9(8)12/h2-3,6H,4-5,7,12H2,1H3. The Morgan fingerprint density at radius 3 is 2.88 bits per heavy atom. The summed E-state index contributed by atoms with van der Waals surface area (Å²) in [4.78, 5) is 30.6. The summed E-state index contributed by atoms with van der Waals surface area (Å²) in [6.45, 7) is 1.19. The topological polar surface area (TPSA) is 79.5 Å². The Morgan fingerprint density at radius 2 is 2.24 bits per heavy atom. The van der Waals surface area contributed by atoms with Crippen molar-refractivity contribution in [3.63, 3.8) is 0 Å². The molecule has 1 aliphatic rings. The van der Waals surface area contributed by atoms with Gasteiger partial charge >= 0.3 is 0 Å². The fourth-order valence-electron chi connectivity index (χ4n) is 1.70. The van der Waals surface area contributed by atoms with E-state index in [4.69, 9.17) is 5.73 Å². The van der Waals surface area contributed by atoms with Gasteiger partial charge in [-0.3, -0.25) is 14.6 Å². The van der Waals surface area contributed by atoms with E-state index in [1.165, 1.54) is 17.3 Å². The molecule has 2 rings (SSSR count). The van der Waals surface area contributed by atoms with Crippen molar-refractivity contribution < 1.29 is 9.59 Å². The molecule has 0 aliphatic carbocycles. The molecule has 2 amide bonds. The van der Waals surface area contributed by atoms with Crippen LogP contribution in [0.15, 0.2) is 18.5 Å². The van der Waals surface area contributed by atoms with Crippen LogP contribution in [0.25, 0.3) is 0 Å². The lowest BCUT2D eigenvalue weighted by molar-refractivity contribution is -0.133. The number of hydrogen-bond donors (Lipinski definition) is 1. The van der Waals surface area contributed by atoms with E-state index < -0.39 is 0 Å². The SMILES string of the molecule is CN1CCN(C(=O)c2ccncc2N)CC1=O. The van der Waals surface area contributed by atoms with Crippen LogP contribution in [0.4, 0.5) is 5.69 Å².